The lowest BCUT2D eigenvalue weighted by molar-refractivity contribution is -0.132. The first kappa shape index (κ1) is 14.3. The molecule has 0 aliphatic heterocycles. The van der Waals surface area contributed by atoms with Crippen LogP contribution < -0.4 is 5.73 Å². The third kappa shape index (κ3) is 3.67. The quantitative estimate of drug-likeness (QED) is 0.904. The molecule has 3 nitrogen and oxygen atoms in total. The third-order valence-electron chi connectivity index (χ3n) is 3.19. The number of benzene rings is 1. The largest absolute Gasteiger partial charge is 0.335 e. The highest BCUT2D eigenvalue weighted by Gasteiger charge is 2.33. The second-order valence-corrected chi connectivity index (χ2v) is 5.54. The zero-order valence-electron chi connectivity index (χ0n) is 10.9. The van der Waals surface area contributed by atoms with Gasteiger partial charge in [-0.25, -0.2) is 4.39 Å². The Hall–Kier alpha value is -1.13. The van der Waals surface area contributed by atoms with Crippen LogP contribution in [-0.4, -0.2) is 22.9 Å². The summed E-state index contributed by atoms with van der Waals surface area (Å²) in [4.78, 5) is 13.8. The maximum Gasteiger partial charge on any atom is 0.224 e. The first-order valence-corrected chi connectivity index (χ1v) is 6.84. The predicted octanol–water partition coefficient (Wildman–Crippen LogP) is 2.71. The van der Waals surface area contributed by atoms with Gasteiger partial charge in [-0.2, -0.15) is 0 Å². The monoisotopic (exact) mass is 284 g/mol. The van der Waals surface area contributed by atoms with Crippen molar-refractivity contribution in [2.24, 2.45) is 5.73 Å². The molecule has 0 heterocycles. The molecule has 19 heavy (non-hydrogen) atoms. The Morgan fingerprint density at radius 2 is 2.26 bits per heavy atom. The van der Waals surface area contributed by atoms with E-state index in [9.17, 15) is 9.18 Å². The smallest absolute Gasteiger partial charge is 0.224 e. The summed E-state index contributed by atoms with van der Waals surface area (Å²) in [6, 6.07) is 4.59. The number of halogens is 2. The van der Waals surface area contributed by atoms with Gasteiger partial charge in [-0.05, 0) is 31.9 Å². The van der Waals surface area contributed by atoms with Crippen molar-refractivity contribution >= 4 is 17.5 Å². The molecule has 104 valence electrons. The van der Waals surface area contributed by atoms with Crippen LogP contribution in [0.4, 0.5) is 4.39 Å². The molecule has 0 spiro atoms. The summed E-state index contributed by atoms with van der Waals surface area (Å²) in [6.45, 7) is 2.01. The van der Waals surface area contributed by atoms with Gasteiger partial charge in [-0.15, -0.1) is 0 Å². The number of carbonyl (C=O) groups is 1. The molecule has 0 aromatic heterocycles. The normalized spacial score (nSPS) is 16.2. The van der Waals surface area contributed by atoms with Crippen LogP contribution in [0.3, 0.4) is 0 Å². The molecule has 0 radical (unpaired) electrons. The number of carbonyl (C=O) groups excluding carboxylic acids is 1. The third-order valence-corrected chi connectivity index (χ3v) is 3.55. The van der Waals surface area contributed by atoms with Gasteiger partial charge < -0.3 is 10.6 Å². The van der Waals surface area contributed by atoms with Gasteiger partial charge in [0.25, 0.3) is 0 Å². The summed E-state index contributed by atoms with van der Waals surface area (Å²) < 4.78 is 13.8. The van der Waals surface area contributed by atoms with Crippen molar-refractivity contribution in [3.05, 3.63) is 34.6 Å². The van der Waals surface area contributed by atoms with E-state index in [0.29, 0.717) is 10.6 Å². The highest BCUT2D eigenvalue weighted by molar-refractivity contribution is 6.31. The first-order valence-electron chi connectivity index (χ1n) is 6.47. The number of nitrogens with zero attached hydrogens (tertiary/aromatic N) is 1. The molecule has 1 aliphatic carbocycles. The van der Waals surface area contributed by atoms with Gasteiger partial charge in [0.2, 0.25) is 5.91 Å². The molecule has 1 aromatic rings. The Kier molecular flexibility index (Phi) is 4.42. The highest BCUT2D eigenvalue weighted by Crippen LogP contribution is 2.31. The van der Waals surface area contributed by atoms with E-state index in [4.69, 9.17) is 17.3 Å². The fourth-order valence-corrected chi connectivity index (χ4v) is 2.28. The molecular weight excluding hydrogens is 267 g/mol. The second-order valence-electron chi connectivity index (χ2n) is 5.13. The van der Waals surface area contributed by atoms with Gasteiger partial charge >= 0.3 is 0 Å². The van der Waals surface area contributed by atoms with Crippen LogP contribution in [-0.2, 0) is 11.3 Å². The molecule has 0 bridgehead atoms. The fraction of sp³-hybridized carbons (Fsp3) is 0.500. The van der Waals surface area contributed by atoms with E-state index in [2.05, 4.69) is 0 Å². The van der Waals surface area contributed by atoms with Gasteiger partial charge in [0.15, 0.2) is 0 Å². The maximum atomic E-state index is 13.8. The van der Waals surface area contributed by atoms with Crippen LogP contribution in [0.1, 0.15) is 31.7 Å². The van der Waals surface area contributed by atoms with Gasteiger partial charge in [-0.3, -0.25) is 4.79 Å². The SMILES string of the molecule is CC(N)CC(=O)N(Cc1c(F)cccc1Cl)C1CC1. The van der Waals surface area contributed by atoms with Gasteiger partial charge in [-0.1, -0.05) is 17.7 Å². The lowest BCUT2D eigenvalue weighted by atomic mass is 10.1. The van der Waals surface area contributed by atoms with Crippen LogP contribution in [0.25, 0.3) is 0 Å². The molecule has 2 rings (SSSR count). The zero-order chi connectivity index (χ0) is 14.0. The molecule has 1 saturated carbocycles. The minimum absolute atomic E-state index is 0.0307. The lowest BCUT2D eigenvalue weighted by Crippen LogP contribution is -2.36. The Labute approximate surface area is 117 Å². The molecule has 1 aliphatic rings. The number of amides is 1. The predicted molar refractivity (Wildman–Crippen MR) is 73.2 cm³/mol. The Balaban J connectivity index is 2.15. The van der Waals surface area contributed by atoms with E-state index in [1.807, 2.05) is 0 Å². The summed E-state index contributed by atoms with van der Waals surface area (Å²) >= 11 is 6.01. The Morgan fingerprint density at radius 1 is 1.58 bits per heavy atom. The van der Waals surface area contributed by atoms with Crippen molar-refractivity contribution in [1.29, 1.82) is 0 Å². The molecule has 1 fully saturated rings. The summed E-state index contributed by atoms with van der Waals surface area (Å²) in [5, 5.41) is 0.360. The van der Waals surface area contributed by atoms with Gasteiger partial charge in [0.1, 0.15) is 5.82 Å². The van der Waals surface area contributed by atoms with Crippen molar-refractivity contribution in [3.8, 4) is 0 Å². The molecule has 0 saturated heterocycles. The van der Waals surface area contributed by atoms with E-state index < -0.39 is 0 Å². The van der Waals surface area contributed by atoms with Crippen molar-refractivity contribution in [2.45, 2.75) is 44.8 Å². The van der Waals surface area contributed by atoms with Crippen molar-refractivity contribution < 1.29 is 9.18 Å². The van der Waals surface area contributed by atoms with Crippen molar-refractivity contribution in [2.75, 3.05) is 0 Å². The second kappa shape index (κ2) is 5.88. The topological polar surface area (TPSA) is 46.3 Å². The van der Waals surface area contributed by atoms with Crippen molar-refractivity contribution in [1.82, 2.24) is 4.90 Å². The average Bonchev–Trinajstić information content (AvgIpc) is 3.11. The van der Waals surface area contributed by atoms with Crippen LogP contribution in [0.15, 0.2) is 18.2 Å². The minimum atomic E-state index is -0.369. The first-order chi connectivity index (χ1) is 8.99. The van der Waals surface area contributed by atoms with Crippen molar-refractivity contribution in [3.63, 3.8) is 0 Å². The van der Waals surface area contributed by atoms with E-state index in [1.54, 1.807) is 24.0 Å². The number of hydrogen-bond donors (Lipinski definition) is 1. The molecule has 1 amide bonds. The molecule has 1 unspecified atom stereocenters. The van der Waals surface area contributed by atoms with Crippen LogP contribution >= 0.6 is 11.6 Å². The average molecular weight is 285 g/mol. The van der Waals surface area contributed by atoms with Gasteiger partial charge in [0, 0.05) is 29.1 Å². The van der Waals surface area contributed by atoms with Gasteiger partial charge in [0.05, 0.1) is 6.54 Å². The molecule has 1 aromatic carbocycles. The standard InChI is InChI=1S/C14H18ClFN2O/c1-9(17)7-14(19)18(10-5-6-10)8-11-12(15)3-2-4-13(11)16/h2-4,9-10H,5-8,17H2,1H3. The van der Waals surface area contributed by atoms with Crippen LogP contribution in [0.5, 0.6) is 0 Å². The Bertz CT molecular complexity index is 454. The van der Waals surface area contributed by atoms with E-state index >= 15 is 0 Å². The number of rotatable bonds is 5. The van der Waals surface area contributed by atoms with E-state index in [-0.39, 0.29) is 36.8 Å². The molecule has 5 heteroatoms. The summed E-state index contributed by atoms with van der Waals surface area (Å²) in [6.07, 6.45) is 2.22. The van der Waals surface area contributed by atoms with E-state index in [0.717, 1.165) is 12.8 Å². The zero-order valence-corrected chi connectivity index (χ0v) is 11.7. The number of nitrogens with two attached hydrogens (primary N) is 1. The lowest BCUT2D eigenvalue weighted by Gasteiger charge is -2.24. The fourth-order valence-electron chi connectivity index (χ4n) is 2.05. The minimum Gasteiger partial charge on any atom is -0.335 e. The summed E-state index contributed by atoms with van der Waals surface area (Å²) in [7, 11) is 0. The molecule has 2 N–H and O–H groups in total. The van der Waals surface area contributed by atoms with Crippen LogP contribution in [0, 0.1) is 5.82 Å². The summed E-state index contributed by atoms with van der Waals surface area (Å²) in [5.41, 5.74) is 6.04. The van der Waals surface area contributed by atoms with E-state index in [1.165, 1.54) is 6.07 Å². The molecule has 1 atom stereocenters. The highest BCUT2D eigenvalue weighted by atomic mass is 35.5. The number of hydrogen-bond acceptors (Lipinski definition) is 2. The van der Waals surface area contributed by atoms with Crippen LogP contribution in [0.2, 0.25) is 5.02 Å². The Morgan fingerprint density at radius 3 is 2.79 bits per heavy atom. The summed E-state index contributed by atoms with van der Waals surface area (Å²) in [5.74, 6) is -0.399. The maximum absolute atomic E-state index is 13.8. The molecular formula is C14H18ClFN2O.